The van der Waals surface area contributed by atoms with E-state index in [4.69, 9.17) is 0 Å². The number of hydrogen-bond donors (Lipinski definition) is 1. The molecule has 1 atom stereocenters. The minimum atomic E-state index is -1.31. The number of aliphatic hydroxyl groups is 1. The number of nitro groups is 1. The molecular weight excluding hydrogens is 296 g/mol. The summed E-state index contributed by atoms with van der Waals surface area (Å²) in [5.41, 5.74) is -1.10. The first-order valence-corrected chi connectivity index (χ1v) is 7.35. The largest absolute Gasteiger partial charge is 0.397 e. The molecule has 2 aromatic rings. The van der Waals surface area contributed by atoms with Gasteiger partial charge in [0.25, 0.3) is 5.69 Å². The van der Waals surface area contributed by atoms with E-state index in [1.165, 1.54) is 12.1 Å². The van der Waals surface area contributed by atoms with Crippen LogP contribution in [0.5, 0.6) is 0 Å². The van der Waals surface area contributed by atoms with Crippen molar-refractivity contribution in [2.45, 2.75) is 38.6 Å². The summed E-state index contributed by atoms with van der Waals surface area (Å²) >= 11 is 0. The molecule has 0 aliphatic carbocycles. The van der Waals surface area contributed by atoms with Crippen LogP contribution in [0.3, 0.4) is 0 Å². The summed E-state index contributed by atoms with van der Waals surface area (Å²) in [5.74, 6) is 0.667. The molecule has 1 aromatic heterocycles. The maximum Gasteiger partial charge on any atom is 0.397 e. The zero-order chi connectivity index (χ0) is 16.8. The molecule has 0 fully saturated rings. The van der Waals surface area contributed by atoms with Gasteiger partial charge in [-0.05, 0) is 32.9 Å². The molecule has 3 rings (SSSR count). The van der Waals surface area contributed by atoms with Crippen molar-refractivity contribution in [3.05, 3.63) is 58.4 Å². The fourth-order valence-electron chi connectivity index (χ4n) is 3.10. The lowest BCUT2D eigenvalue weighted by atomic mass is 9.96. The van der Waals surface area contributed by atoms with E-state index in [0.29, 0.717) is 18.1 Å². The van der Waals surface area contributed by atoms with Gasteiger partial charge < -0.3 is 5.11 Å². The lowest BCUT2D eigenvalue weighted by Gasteiger charge is -2.37. The molecule has 120 valence electrons. The molecule has 1 unspecified atom stereocenters. The Morgan fingerprint density at radius 3 is 2.57 bits per heavy atom. The van der Waals surface area contributed by atoms with E-state index >= 15 is 0 Å². The fourth-order valence-corrected chi connectivity index (χ4v) is 3.10. The van der Waals surface area contributed by atoms with E-state index in [9.17, 15) is 15.2 Å². The highest BCUT2D eigenvalue weighted by atomic mass is 16.6. The van der Waals surface area contributed by atoms with Gasteiger partial charge >= 0.3 is 5.95 Å². The van der Waals surface area contributed by atoms with Crippen molar-refractivity contribution in [1.29, 1.82) is 0 Å². The zero-order valence-corrected chi connectivity index (χ0v) is 13.3. The first-order valence-electron chi connectivity index (χ1n) is 7.35. The topological polar surface area (TPSA) is 83.4 Å². The van der Waals surface area contributed by atoms with Gasteiger partial charge in [-0.3, -0.25) is 10.1 Å². The number of nitrogens with zero attached hydrogens (tertiary/aromatic N) is 4. The van der Waals surface area contributed by atoms with E-state index in [0.717, 1.165) is 0 Å². The Kier molecular flexibility index (Phi) is 3.33. The predicted molar refractivity (Wildman–Crippen MR) is 83.7 cm³/mol. The average molecular weight is 315 g/mol. The molecule has 7 nitrogen and oxygen atoms in total. The van der Waals surface area contributed by atoms with Crippen LogP contribution in [0.4, 0.5) is 11.6 Å². The van der Waals surface area contributed by atoms with Gasteiger partial charge in [0, 0.05) is 23.8 Å². The molecule has 1 aromatic carbocycles. The molecule has 0 spiro atoms. The van der Waals surface area contributed by atoms with Crippen LogP contribution in [-0.4, -0.2) is 20.6 Å². The minimum absolute atomic E-state index is 0.000878. The van der Waals surface area contributed by atoms with Gasteiger partial charge in [0.1, 0.15) is 12.7 Å². The Morgan fingerprint density at radius 2 is 2.00 bits per heavy atom. The van der Waals surface area contributed by atoms with Crippen molar-refractivity contribution in [1.82, 2.24) is 4.98 Å². The van der Waals surface area contributed by atoms with E-state index in [1.54, 1.807) is 18.3 Å². The van der Waals surface area contributed by atoms with Gasteiger partial charge in [0.2, 0.25) is 5.72 Å². The summed E-state index contributed by atoms with van der Waals surface area (Å²) in [5, 5.41) is 22.2. The first-order chi connectivity index (χ1) is 10.7. The zero-order valence-electron chi connectivity index (χ0n) is 13.3. The number of hydrogen-bond acceptors (Lipinski definition) is 5. The van der Waals surface area contributed by atoms with E-state index in [2.05, 4.69) is 4.98 Å². The average Bonchev–Trinajstić information content (AvgIpc) is 2.80. The lowest BCUT2D eigenvalue weighted by molar-refractivity contribution is -0.685. The Bertz CT molecular complexity index is 755. The molecule has 7 heteroatoms. The van der Waals surface area contributed by atoms with Crippen molar-refractivity contribution in [2.75, 3.05) is 4.90 Å². The number of fused-ring (bicyclic) bond motifs is 1. The smallest absolute Gasteiger partial charge is 0.353 e. The van der Waals surface area contributed by atoms with Gasteiger partial charge in [0.15, 0.2) is 0 Å². The fraction of sp³-hybridized carbons (Fsp3) is 0.375. The van der Waals surface area contributed by atoms with Crippen LogP contribution >= 0.6 is 0 Å². The first kappa shape index (κ1) is 15.4. The maximum absolute atomic E-state index is 11.4. The number of non-ortho nitro benzene ring substituents is 1. The van der Waals surface area contributed by atoms with Crippen LogP contribution in [0.15, 0.2) is 42.7 Å². The van der Waals surface area contributed by atoms with Crippen molar-refractivity contribution in [3.63, 3.8) is 0 Å². The van der Waals surface area contributed by atoms with E-state index in [-0.39, 0.29) is 11.2 Å². The predicted octanol–water partition coefficient (Wildman–Crippen LogP) is 1.74. The maximum atomic E-state index is 11.4. The summed E-state index contributed by atoms with van der Waals surface area (Å²) in [6, 6.07) is 7.84. The summed E-state index contributed by atoms with van der Waals surface area (Å²) in [4.78, 5) is 16.6. The van der Waals surface area contributed by atoms with Crippen molar-refractivity contribution in [3.8, 4) is 0 Å². The molecule has 1 aliphatic heterocycles. The summed E-state index contributed by atoms with van der Waals surface area (Å²) in [7, 11) is 0. The van der Waals surface area contributed by atoms with Crippen molar-refractivity contribution >= 4 is 11.6 Å². The summed E-state index contributed by atoms with van der Waals surface area (Å²) in [6.45, 7) is 6.29. The molecule has 2 heterocycles. The molecule has 1 N–H and O–H groups in total. The van der Waals surface area contributed by atoms with Gasteiger partial charge in [0.05, 0.1) is 16.7 Å². The van der Waals surface area contributed by atoms with Crippen LogP contribution in [-0.2, 0) is 12.3 Å². The van der Waals surface area contributed by atoms with Crippen LogP contribution in [0, 0.1) is 10.1 Å². The Morgan fingerprint density at radius 1 is 1.35 bits per heavy atom. The number of nitro benzene ring substituents is 1. The summed E-state index contributed by atoms with van der Waals surface area (Å²) in [6.07, 6.45) is 3.55. The Balaban J connectivity index is 2.11. The van der Waals surface area contributed by atoms with Crippen molar-refractivity contribution < 1.29 is 14.6 Å². The molecule has 0 amide bonds. The van der Waals surface area contributed by atoms with Crippen LogP contribution in [0.2, 0.25) is 0 Å². The second kappa shape index (κ2) is 4.99. The van der Waals surface area contributed by atoms with E-state index in [1.807, 2.05) is 42.5 Å². The third-order valence-electron chi connectivity index (χ3n) is 3.97. The number of rotatable bonds is 2. The van der Waals surface area contributed by atoms with Crippen LogP contribution < -0.4 is 9.47 Å². The molecule has 0 bridgehead atoms. The SMILES string of the molecule is CC(C)(C)N1c2nccc[n+]2CC1(O)c1ccc([N+](=O)[O-])cc1. The normalized spacial score (nSPS) is 20.4. The standard InChI is InChI=1S/C16H19N4O3/c1-15(2,3)19-14-17-9-4-10-18(14)11-16(19,21)12-5-7-13(8-6-12)20(22)23/h4-10,21H,11H2,1-3H3/q+1. The summed E-state index contributed by atoms with van der Waals surface area (Å²) < 4.78 is 1.88. The van der Waals surface area contributed by atoms with Gasteiger partial charge in [-0.15, -0.1) is 0 Å². The molecule has 0 radical (unpaired) electrons. The van der Waals surface area contributed by atoms with Gasteiger partial charge in [-0.1, -0.05) is 4.98 Å². The number of benzene rings is 1. The number of aromatic nitrogens is 2. The monoisotopic (exact) mass is 315 g/mol. The Labute approximate surface area is 134 Å². The molecule has 1 aliphatic rings. The van der Waals surface area contributed by atoms with Crippen molar-refractivity contribution in [2.24, 2.45) is 0 Å². The Hall–Kier alpha value is -2.54. The molecular formula is C16H19N4O3+. The third kappa shape index (κ3) is 2.43. The highest BCUT2D eigenvalue weighted by molar-refractivity contribution is 5.44. The third-order valence-corrected chi connectivity index (χ3v) is 3.97. The molecule has 0 saturated heterocycles. The lowest BCUT2D eigenvalue weighted by Crippen LogP contribution is -2.54. The van der Waals surface area contributed by atoms with E-state index < -0.39 is 10.6 Å². The van der Waals surface area contributed by atoms with Crippen LogP contribution in [0.1, 0.15) is 26.3 Å². The molecule has 23 heavy (non-hydrogen) atoms. The van der Waals surface area contributed by atoms with Gasteiger partial charge in [-0.2, -0.15) is 0 Å². The minimum Gasteiger partial charge on any atom is -0.353 e. The highest BCUT2D eigenvalue weighted by Gasteiger charge is 2.56. The quantitative estimate of drug-likeness (QED) is 0.518. The molecule has 0 saturated carbocycles. The second-order valence-corrected chi connectivity index (χ2v) is 6.67. The van der Waals surface area contributed by atoms with Crippen LogP contribution in [0.25, 0.3) is 0 Å². The van der Waals surface area contributed by atoms with Gasteiger partial charge in [-0.25, -0.2) is 9.47 Å². The highest BCUT2D eigenvalue weighted by Crippen LogP contribution is 2.39. The second-order valence-electron chi connectivity index (χ2n) is 6.67. The number of anilines is 1.